The number of nitrogen functional groups attached to an aromatic ring is 1. The summed E-state index contributed by atoms with van der Waals surface area (Å²) in [5.74, 6) is -0.309. The molecule has 0 radical (unpaired) electrons. The number of ether oxygens (including phenoxy) is 1. The number of methoxy groups -OCH3 is 1. The minimum atomic E-state index is -0.470. The normalized spacial score (nSPS) is 11.8. The first-order valence-corrected chi connectivity index (χ1v) is 8.11. The number of anilines is 1. The smallest absolute Gasteiger partial charge is 0.341 e. The Labute approximate surface area is 147 Å². The summed E-state index contributed by atoms with van der Waals surface area (Å²) >= 11 is 0. The molecular weight excluding hydrogens is 312 g/mol. The lowest BCUT2D eigenvalue weighted by Gasteiger charge is -2.18. The molecular formula is C21H20N2O2. The van der Waals surface area contributed by atoms with Gasteiger partial charge in [-0.1, -0.05) is 67.6 Å². The molecule has 4 nitrogen and oxygen atoms in total. The van der Waals surface area contributed by atoms with Crippen LogP contribution in [0.5, 0.6) is 0 Å². The third kappa shape index (κ3) is 3.38. The van der Waals surface area contributed by atoms with Crippen LogP contribution in [0.25, 0.3) is 11.3 Å². The Hall–Kier alpha value is -3.14. The van der Waals surface area contributed by atoms with Crippen molar-refractivity contribution in [2.45, 2.75) is 12.8 Å². The van der Waals surface area contributed by atoms with E-state index in [0.29, 0.717) is 5.56 Å². The molecule has 2 aromatic carbocycles. The van der Waals surface area contributed by atoms with Gasteiger partial charge in [0.2, 0.25) is 0 Å². The van der Waals surface area contributed by atoms with Gasteiger partial charge < -0.3 is 10.5 Å². The van der Waals surface area contributed by atoms with Crippen molar-refractivity contribution in [3.63, 3.8) is 0 Å². The number of esters is 1. The van der Waals surface area contributed by atoms with E-state index in [1.807, 2.05) is 73.7 Å². The van der Waals surface area contributed by atoms with Gasteiger partial charge in [-0.15, -0.1) is 0 Å². The van der Waals surface area contributed by atoms with Crippen LogP contribution in [-0.4, -0.2) is 18.1 Å². The fourth-order valence-electron chi connectivity index (χ4n) is 2.93. The zero-order valence-electron chi connectivity index (χ0n) is 14.3. The summed E-state index contributed by atoms with van der Waals surface area (Å²) in [7, 11) is 1.35. The molecule has 1 atom stereocenters. The van der Waals surface area contributed by atoms with Crippen LogP contribution < -0.4 is 5.73 Å². The number of nitrogens with two attached hydrogens (primary N) is 1. The number of aromatic nitrogens is 1. The van der Waals surface area contributed by atoms with Crippen molar-refractivity contribution in [2.75, 3.05) is 12.8 Å². The third-order valence-electron chi connectivity index (χ3n) is 4.30. The molecule has 25 heavy (non-hydrogen) atoms. The van der Waals surface area contributed by atoms with Crippen LogP contribution in [0.3, 0.4) is 0 Å². The molecule has 0 fully saturated rings. The van der Waals surface area contributed by atoms with E-state index >= 15 is 0 Å². The first-order valence-electron chi connectivity index (χ1n) is 8.11. The van der Waals surface area contributed by atoms with Gasteiger partial charge in [0.25, 0.3) is 0 Å². The van der Waals surface area contributed by atoms with Crippen molar-refractivity contribution in [3.8, 4) is 11.3 Å². The average molecular weight is 332 g/mol. The summed E-state index contributed by atoms with van der Waals surface area (Å²) in [5, 5.41) is 0. The second-order valence-electron chi connectivity index (χ2n) is 5.85. The van der Waals surface area contributed by atoms with Gasteiger partial charge in [0.15, 0.2) is 0 Å². The van der Waals surface area contributed by atoms with Crippen LogP contribution in [0.15, 0.2) is 66.7 Å². The minimum absolute atomic E-state index is 0.0249. The molecule has 0 aliphatic carbocycles. The first kappa shape index (κ1) is 16.7. The van der Waals surface area contributed by atoms with Crippen LogP contribution in [-0.2, 0) is 4.74 Å². The van der Waals surface area contributed by atoms with Crippen molar-refractivity contribution >= 4 is 11.8 Å². The number of benzene rings is 2. The Bertz CT molecular complexity index is 877. The molecule has 3 rings (SSSR count). The lowest BCUT2D eigenvalue weighted by atomic mass is 9.89. The van der Waals surface area contributed by atoms with Crippen molar-refractivity contribution in [1.82, 2.24) is 4.98 Å². The number of rotatable bonds is 4. The van der Waals surface area contributed by atoms with Crippen LogP contribution >= 0.6 is 0 Å². The lowest BCUT2D eigenvalue weighted by molar-refractivity contribution is 0.0600. The van der Waals surface area contributed by atoms with Gasteiger partial charge in [-0.05, 0) is 17.2 Å². The molecule has 1 unspecified atom stereocenters. The van der Waals surface area contributed by atoms with Gasteiger partial charge in [-0.3, -0.25) is 0 Å². The Morgan fingerprint density at radius 1 is 1.04 bits per heavy atom. The number of carbonyl (C=O) groups excluding carboxylic acids is 1. The number of carbonyl (C=O) groups is 1. The van der Waals surface area contributed by atoms with Crippen molar-refractivity contribution in [1.29, 1.82) is 0 Å². The largest absolute Gasteiger partial charge is 0.465 e. The zero-order valence-corrected chi connectivity index (χ0v) is 14.3. The fourth-order valence-corrected chi connectivity index (χ4v) is 2.93. The van der Waals surface area contributed by atoms with Gasteiger partial charge in [-0.2, -0.15) is 0 Å². The highest BCUT2D eigenvalue weighted by Crippen LogP contribution is 2.33. The molecule has 0 aliphatic heterocycles. The lowest BCUT2D eigenvalue weighted by Crippen LogP contribution is -2.14. The highest BCUT2D eigenvalue weighted by Gasteiger charge is 2.23. The summed E-state index contributed by atoms with van der Waals surface area (Å²) in [6.45, 7) is 2.05. The van der Waals surface area contributed by atoms with Gasteiger partial charge in [-0.25, -0.2) is 9.78 Å². The first-order chi connectivity index (χ1) is 12.1. The van der Waals surface area contributed by atoms with E-state index in [9.17, 15) is 4.79 Å². The van der Waals surface area contributed by atoms with Crippen molar-refractivity contribution < 1.29 is 9.53 Å². The van der Waals surface area contributed by atoms with E-state index in [1.165, 1.54) is 7.11 Å². The SMILES string of the molecule is COC(=O)c1c(C(C)c2ccccc2)cc(-c2ccccc2)nc1N. The van der Waals surface area contributed by atoms with Crippen LogP contribution in [0.2, 0.25) is 0 Å². The summed E-state index contributed by atoms with van der Waals surface area (Å²) < 4.78 is 4.93. The molecule has 0 aliphatic rings. The van der Waals surface area contributed by atoms with Crippen LogP contribution in [0, 0.1) is 0 Å². The fraction of sp³-hybridized carbons (Fsp3) is 0.143. The minimum Gasteiger partial charge on any atom is -0.465 e. The second kappa shape index (κ2) is 7.18. The predicted octanol–water partition coefficient (Wildman–Crippen LogP) is 4.27. The topological polar surface area (TPSA) is 65.2 Å². The molecule has 0 amide bonds. The van der Waals surface area contributed by atoms with E-state index < -0.39 is 5.97 Å². The third-order valence-corrected chi connectivity index (χ3v) is 4.30. The average Bonchev–Trinajstić information content (AvgIpc) is 2.67. The van der Waals surface area contributed by atoms with E-state index in [-0.39, 0.29) is 11.7 Å². The molecule has 2 N–H and O–H groups in total. The maximum atomic E-state index is 12.3. The Kier molecular flexibility index (Phi) is 4.80. The second-order valence-corrected chi connectivity index (χ2v) is 5.85. The molecule has 4 heteroatoms. The van der Waals surface area contributed by atoms with E-state index in [2.05, 4.69) is 4.98 Å². The summed E-state index contributed by atoms with van der Waals surface area (Å²) in [6, 6.07) is 21.7. The molecule has 0 saturated heterocycles. The Morgan fingerprint density at radius 2 is 1.64 bits per heavy atom. The highest BCUT2D eigenvalue weighted by atomic mass is 16.5. The van der Waals surface area contributed by atoms with Crippen LogP contribution in [0.1, 0.15) is 34.3 Å². The Balaban J connectivity index is 2.19. The predicted molar refractivity (Wildman–Crippen MR) is 99.4 cm³/mol. The van der Waals surface area contributed by atoms with Gasteiger partial charge in [0.05, 0.1) is 12.8 Å². The molecule has 0 spiro atoms. The van der Waals surface area contributed by atoms with Crippen LogP contribution in [0.4, 0.5) is 5.82 Å². The molecule has 3 aromatic rings. The molecule has 1 heterocycles. The maximum absolute atomic E-state index is 12.3. The molecule has 0 saturated carbocycles. The summed E-state index contributed by atoms with van der Waals surface area (Å²) in [4.78, 5) is 16.7. The van der Waals surface area contributed by atoms with Gasteiger partial charge in [0, 0.05) is 11.5 Å². The van der Waals surface area contributed by atoms with Gasteiger partial charge in [0.1, 0.15) is 11.4 Å². The molecule has 0 bridgehead atoms. The number of pyridine rings is 1. The summed E-state index contributed by atoms with van der Waals surface area (Å²) in [5.41, 5.74) is 10.1. The highest BCUT2D eigenvalue weighted by molar-refractivity contribution is 5.96. The standard InChI is InChI=1S/C21H20N2O2/c1-14(15-9-5-3-6-10-15)17-13-18(16-11-7-4-8-12-16)23-20(22)19(17)21(24)25-2/h3-14H,1-2H3,(H2,22,23). The molecule has 1 aromatic heterocycles. The van der Waals surface area contributed by atoms with Gasteiger partial charge >= 0.3 is 5.97 Å². The quantitative estimate of drug-likeness (QED) is 0.725. The molecule has 126 valence electrons. The van der Waals surface area contributed by atoms with Crippen molar-refractivity contribution in [3.05, 3.63) is 83.4 Å². The van der Waals surface area contributed by atoms with E-state index in [0.717, 1.165) is 22.4 Å². The number of hydrogen-bond acceptors (Lipinski definition) is 4. The van der Waals surface area contributed by atoms with E-state index in [1.54, 1.807) is 0 Å². The Morgan fingerprint density at radius 3 is 2.24 bits per heavy atom. The number of hydrogen-bond donors (Lipinski definition) is 1. The monoisotopic (exact) mass is 332 g/mol. The summed E-state index contributed by atoms with van der Waals surface area (Å²) in [6.07, 6.45) is 0. The number of nitrogens with zero attached hydrogens (tertiary/aromatic N) is 1. The van der Waals surface area contributed by atoms with Crippen molar-refractivity contribution in [2.24, 2.45) is 0 Å². The maximum Gasteiger partial charge on any atom is 0.341 e. The zero-order chi connectivity index (χ0) is 17.8. The van der Waals surface area contributed by atoms with E-state index in [4.69, 9.17) is 10.5 Å².